The Bertz CT molecular complexity index is 853. The van der Waals surface area contributed by atoms with Crippen LogP contribution < -0.4 is 10.4 Å². The molecule has 1 N–H and O–H groups in total. The number of hydrazine groups is 1. The smallest absolute Gasteiger partial charge is 0.356 e. The van der Waals surface area contributed by atoms with E-state index in [0.29, 0.717) is 5.69 Å². The van der Waals surface area contributed by atoms with E-state index in [2.05, 4.69) is 5.43 Å². The fourth-order valence-electron chi connectivity index (χ4n) is 2.50. The first kappa shape index (κ1) is 17.6. The van der Waals surface area contributed by atoms with Crippen LogP contribution in [0.15, 0.2) is 72.4 Å². The lowest BCUT2D eigenvalue weighted by Gasteiger charge is -2.30. The molecular formula is C19H17N3O3S. The second-order valence-electron chi connectivity index (χ2n) is 5.52. The van der Waals surface area contributed by atoms with Gasteiger partial charge in [0.15, 0.2) is 0 Å². The summed E-state index contributed by atoms with van der Waals surface area (Å²) >= 11 is 5.55. The summed E-state index contributed by atoms with van der Waals surface area (Å²) in [6.07, 6.45) is 1.20. The van der Waals surface area contributed by atoms with E-state index in [4.69, 9.17) is 17.0 Å². The molecule has 0 aromatic heterocycles. The lowest BCUT2D eigenvalue weighted by atomic mass is 10.2. The molecule has 1 amide bonds. The molecule has 7 heteroatoms. The summed E-state index contributed by atoms with van der Waals surface area (Å²) in [5, 5.41) is 1.76. The van der Waals surface area contributed by atoms with Crippen LogP contribution in [-0.2, 0) is 20.9 Å². The molecule has 1 aliphatic heterocycles. The number of carbonyl (C=O) groups excluding carboxylic acids is 2. The number of hydrogen-bond donors (Lipinski definition) is 1. The minimum atomic E-state index is -0.649. The highest BCUT2D eigenvalue weighted by Crippen LogP contribution is 2.19. The highest BCUT2D eigenvalue weighted by Gasteiger charge is 2.30. The van der Waals surface area contributed by atoms with Crippen molar-refractivity contribution in [3.63, 3.8) is 0 Å². The molecule has 132 valence electrons. The standard InChI is InChI=1S/C19H17N3O3S/c1-25-18(24)16-12-17(23)21(13-14-8-4-2-5-9-14)19(26)22(20-16)15-10-6-3-7-11-15/h2-12,20H,13H2,1H3. The number of nitrogens with one attached hydrogen (secondary N) is 1. The van der Waals surface area contributed by atoms with Crippen LogP contribution in [0.25, 0.3) is 0 Å². The fourth-order valence-corrected chi connectivity index (χ4v) is 2.80. The number of thiocarbonyl (C=S) groups is 1. The van der Waals surface area contributed by atoms with Crippen molar-refractivity contribution >= 4 is 34.9 Å². The van der Waals surface area contributed by atoms with Crippen LogP contribution in [-0.4, -0.2) is 29.0 Å². The van der Waals surface area contributed by atoms with Gasteiger partial charge >= 0.3 is 5.97 Å². The van der Waals surface area contributed by atoms with Gasteiger partial charge in [0.05, 0.1) is 19.3 Å². The molecule has 0 saturated carbocycles. The Morgan fingerprint density at radius 1 is 1.08 bits per heavy atom. The fraction of sp³-hybridized carbons (Fsp3) is 0.105. The molecule has 26 heavy (non-hydrogen) atoms. The molecule has 1 heterocycles. The average Bonchev–Trinajstić information content (AvgIpc) is 2.80. The van der Waals surface area contributed by atoms with Crippen LogP contribution in [0, 0.1) is 0 Å². The summed E-state index contributed by atoms with van der Waals surface area (Å²) in [6, 6.07) is 18.7. The molecule has 3 rings (SSSR count). The SMILES string of the molecule is COC(=O)C1=CC(=O)N(Cc2ccccc2)C(=S)N(c2ccccc2)N1. The third-order valence-corrected chi connectivity index (χ3v) is 4.19. The maximum Gasteiger partial charge on any atom is 0.356 e. The quantitative estimate of drug-likeness (QED) is 0.661. The van der Waals surface area contributed by atoms with Gasteiger partial charge in [0.2, 0.25) is 5.11 Å². The van der Waals surface area contributed by atoms with Crippen molar-refractivity contribution in [1.82, 2.24) is 10.3 Å². The van der Waals surface area contributed by atoms with Gasteiger partial charge in [-0.05, 0) is 29.9 Å². The number of rotatable bonds is 4. The number of carbonyl (C=O) groups is 2. The van der Waals surface area contributed by atoms with Gasteiger partial charge in [-0.2, -0.15) is 0 Å². The Labute approximate surface area is 156 Å². The van der Waals surface area contributed by atoms with Crippen LogP contribution in [0.3, 0.4) is 0 Å². The summed E-state index contributed by atoms with van der Waals surface area (Å²) in [6.45, 7) is 0.286. The number of methoxy groups -OCH3 is 1. The first-order chi connectivity index (χ1) is 12.6. The van der Waals surface area contributed by atoms with Gasteiger partial charge in [-0.15, -0.1) is 0 Å². The molecular weight excluding hydrogens is 350 g/mol. The van der Waals surface area contributed by atoms with E-state index in [-0.39, 0.29) is 17.4 Å². The third-order valence-electron chi connectivity index (χ3n) is 3.79. The van der Waals surface area contributed by atoms with Crippen molar-refractivity contribution in [1.29, 1.82) is 0 Å². The van der Waals surface area contributed by atoms with E-state index in [9.17, 15) is 9.59 Å². The molecule has 2 aromatic rings. The Kier molecular flexibility index (Phi) is 5.28. The van der Waals surface area contributed by atoms with E-state index in [0.717, 1.165) is 5.56 Å². The lowest BCUT2D eigenvalue weighted by molar-refractivity contribution is -0.136. The van der Waals surface area contributed by atoms with Gasteiger partial charge in [-0.1, -0.05) is 48.5 Å². The molecule has 0 unspecified atom stereocenters. The van der Waals surface area contributed by atoms with Crippen molar-refractivity contribution in [2.75, 3.05) is 12.1 Å². The van der Waals surface area contributed by atoms with Crippen LogP contribution in [0.5, 0.6) is 0 Å². The molecule has 0 fully saturated rings. The minimum Gasteiger partial charge on any atom is -0.464 e. The number of amides is 1. The van der Waals surface area contributed by atoms with E-state index in [1.54, 1.807) is 0 Å². The van der Waals surface area contributed by atoms with Crippen LogP contribution >= 0.6 is 12.2 Å². The van der Waals surface area contributed by atoms with Gasteiger partial charge < -0.3 is 4.74 Å². The van der Waals surface area contributed by atoms with Gasteiger partial charge in [0, 0.05) is 6.08 Å². The van der Waals surface area contributed by atoms with Gasteiger partial charge in [0.1, 0.15) is 5.70 Å². The summed E-state index contributed by atoms with van der Waals surface area (Å²) in [5.41, 5.74) is 4.53. The highest BCUT2D eigenvalue weighted by molar-refractivity contribution is 7.80. The predicted molar refractivity (Wildman–Crippen MR) is 102 cm³/mol. The summed E-state index contributed by atoms with van der Waals surface area (Å²) in [7, 11) is 1.26. The molecule has 0 spiro atoms. The second-order valence-corrected chi connectivity index (χ2v) is 5.89. The van der Waals surface area contributed by atoms with E-state index < -0.39 is 11.9 Å². The molecule has 1 aliphatic rings. The van der Waals surface area contributed by atoms with Crippen molar-refractivity contribution < 1.29 is 14.3 Å². The van der Waals surface area contributed by atoms with E-state index >= 15 is 0 Å². The van der Waals surface area contributed by atoms with E-state index in [1.807, 2.05) is 60.7 Å². The normalized spacial score (nSPS) is 14.4. The van der Waals surface area contributed by atoms with Gasteiger partial charge in [0.25, 0.3) is 5.91 Å². The molecule has 0 radical (unpaired) electrons. The Morgan fingerprint density at radius 2 is 1.69 bits per heavy atom. The zero-order valence-corrected chi connectivity index (χ0v) is 14.9. The number of esters is 1. The summed E-state index contributed by atoms with van der Waals surface area (Å²) in [4.78, 5) is 26.2. The predicted octanol–water partition coefficient (Wildman–Crippen LogP) is 2.38. The Balaban J connectivity index is 2.00. The minimum absolute atomic E-state index is 0.0132. The Morgan fingerprint density at radius 3 is 2.31 bits per heavy atom. The topological polar surface area (TPSA) is 61.9 Å². The second kappa shape index (κ2) is 7.79. The van der Waals surface area contributed by atoms with Crippen molar-refractivity contribution in [3.8, 4) is 0 Å². The zero-order valence-electron chi connectivity index (χ0n) is 14.1. The highest BCUT2D eigenvalue weighted by atomic mass is 32.1. The monoisotopic (exact) mass is 367 g/mol. The summed E-state index contributed by atoms with van der Waals surface area (Å²) in [5.74, 6) is -1.05. The largest absolute Gasteiger partial charge is 0.464 e. The first-order valence-electron chi connectivity index (χ1n) is 7.91. The first-order valence-corrected chi connectivity index (χ1v) is 8.32. The maximum absolute atomic E-state index is 12.7. The molecule has 6 nitrogen and oxygen atoms in total. The van der Waals surface area contributed by atoms with Crippen LogP contribution in [0.4, 0.5) is 5.69 Å². The van der Waals surface area contributed by atoms with E-state index in [1.165, 1.54) is 23.1 Å². The number of anilines is 1. The molecule has 0 saturated heterocycles. The third kappa shape index (κ3) is 3.73. The van der Waals surface area contributed by atoms with Gasteiger partial charge in [-0.3, -0.25) is 15.1 Å². The number of benzene rings is 2. The molecule has 0 atom stereocenters. The Hall–Kier alpha value is -3.19. The molecule has 0 bridgehead atoms. The van der Waals surface area contributed by atoms with Crippen LogP contribution in [0.1, 0.15) is 5.56 Å². The number of nitrogens with zero attached hydrogens (tertiary/aromatic N) is 2. The number of para-hydroxylation sites is 1. The van der Waals surface area contributed by atoms with Gasteiger partial charge in [-0.25, -0.2) is 9.80 Å². The van der Waals surface area contributed by atoms with Crippen LogP contribution in [0.2, 0.25) is 0 Å². The average molecular weight is 367 g/mol. The van der Waals surface area contributed by atoms with Crippen molar-refractivity contribution in [3.05, 3.63) is 78.0 Å². The van der Waals surface area contributed by atoms with Crippen molar-refractivity contribution in [2.45, 2.75) is 6.54 Å². The number of hydrogen-bond acceptors (Lipinski definition) is 5. The maximum atomic E-state index is 12.7. The lowest BCUT2D eigenvalue weighted by Crippen LogP contribution is -2.49. The molecule has 0 aliphatic carbocycles. The zero-order chi connectivity index (χ0) is 18.5. The summed E-state index contributed by atoms with van der Waals surface area (Å²) < 4.78 is 4.76. The van der Waals surface area contributed by atoms with Crippen molar-refractivity contribution in [2.24, 2.45) is 0 Å². The molecule has 2 aromatic carbocycles. The number of ether oxygens (including phenoxy) is 1.